The maximum atomic E-state index is 3.70. The first kappa shape index (κ1) is 15.0. The lowest BCUT2D eigenvalue weighted by atomic mass is 9.96. The van der Waals surface area contributed by atoms with Gasteiger partial charge in [-0.1, -0.05) is 58.8 Å². The van der Waals surface area contributed by atoms with E-state index < -0.39 is 0 Å². The minimum absolute atomic E-state index is 0.888. The second kappa shape index (κ2) is 9.94. The molecule has 1 fully saturated rings. The summed E-state index contributed by atoms with van der Waals surface area (Å²) >= 11 is 0. The summed E-state index contributed by atoms with van der Waals surface area (Å²) in [5.41, 5.74) is 0. The van der Waals surface area contributed by atoms with Crippen LogP contribution < -0.4 is 5.32 Å². The van der Waals surface area contributed by atoms with Crippen molar-refractivity contribution in [2.24, 2.45) is 5.92 Å². The molecule has 1 N–H and O–H groups in total. The van der Waals surface area contributed by atoms with Gasteiger partial charge in [-0.25, -0.2) is 0 Å². The Morgan fingerprint density at radius 1 is 0.882 bits per heavy atom. The van der Waals surface area contributed by atoms with Gasteiger partial charge in [-0.2, -0.15) is 0 Å². The van der Waals surface area contributed by atoms with Crippen LogP contribution in [0.2, 0.25) is 0 Å². The van der Waals surface area contributed by atoms with Crippen LogP contribution in [0.15, 0.2) is 0 Å². The van der Waals surface area contributed by atoms with Crippen LogP contribution in [0.1, 0.15) is 84.5 Å². The molecule has 0 aromatic heterocycles. The molecule has 1 heteroatoms. The average molecular weight is 239 g/mol. The third-order valence-electron chi connectivity index (χ3n) is 3.94. The van der Waals surface area contributed by atoms with Crippen LogP contribution in [0.3, 0.4) is 0 Å². The Morgan fingerprint density at radius 3 is 2.24 bits per heavy atom. The van der Waals surface area contributed by atoms with Gasteiger partial charge in [-0.3, -0.25) is 0 Å². The Morgan fingerprint density at radius 2 is 1.59 bits per heavy atom. The van der Waals surface area contributed by atoms with Crippen LogP contribution in [-0.2, 0) is 0 Å². The first-order valence-electron chi connectivity index (χ1n) is 8.10. The van der Waals surface area contributed by atoms with E-state index in [4.69, 9.17) is 0 Å². The molecule has 0 aromatic rings. The van der Waals surface area contributed by atoms with Gasteiger partial charge in [0, 0.05) is 6.04 Å². The summed E-state index contributed by atoms with van der Waals surface area (Å²) in [6.07, 6.45) is 15.7. The van der Waals surface area contributed by atoms with E-state index in [0.29, 0.717) is 0 Å². The van der Waals surface area contributed by atoms with Crippen molar-refractivity contribution in [3.8, 4) is 0 Å². The maximum absolute atomic E-state index is 3.70. The summed E-state index contributed by atoms with van der Waals surface area (Å²) in [4.78, 5) is 0. The van der Waals surface area contributed by atoms with Gasteiger partial charge >= 0.3 is 0 Å². The van der Waals surface area contributed by atoms with Crippen LogP contribution in [0.5, 0.6) is 0 Å². The second-order valence-electron chi connectivity index (χ2n) is 5.89. The molecule has 0 radical (unpaired) electrons. The van der Waals surface area contributed by atoms with E-state index in [0.717, 1.165) is 12.0 Å². The van der Waals surface area contributed by atoms with Crippen molar-refractivity contribution in [2.45, 2.75) is 90.5 Å². The highest BCUT2D eigenvalue weighted by molar-refractivity contribution is 4.81. The standard InChI is InChI=1S/C16H33N/c1-3-5-6-7-8-9-11-15(10-4-2)14-17-16-12-13-16/h15-17H,3-14H2,1-2H3. The number of hydrogen-bond donors (Lipinski definition) is 1. The molecule has 1 nitrogen and oxygen atoms in total. The molecule has 1 rings (SSSR count). The fraction of sp³-hybridized carbons (Fsp3) is 1.00. The van der Waals surface area contributed by atoms with Gasteiger partial charge in [0.2, 0.25) is 0 Å². The van der Waals surface area contributed by atoms with E-state index in [2.05, 4.69) is 19.2 Å². The van der Waals surface area contributed by atoms with Gasteiger partial charge in [0.15, 0.2) is 0 Å². The molecule has 102 valence electrons. The molecule has 0 spiro atoms. The van der Waals surface area contributed by atoms with E-state index in [1.165, 1.54) is 77.2 Å². The van der Waals surface area contributed by atoms with Gasteiger partial charge in [0.1, 0.15) is 0 Å². The van der Waals surface area contributed by atoms with Crippen LogP contribution in [0.25, 0.3) is 0 Å². The van der Waals surface area contributed by atoms with Crippen molar-refractivity contribution in [3.63, 3.8) is 0 Å². The second-order valence-corrected chi connectivity index (χ2v) is 5.89. The average Bonchev–Trinajstić information content (AvgIpc) is 3.14. The van der Waals surface area contributed by atoms with Crippen molar-refractivity contribution >= 4 is 0 Å². The van der Waals surface area contributed by atoms with Crippen LogP contribution in [-0.4, -0.2) is 12.6 Å². The quantitative estimate of drug-likeness (QED) is 0.477. The number of rotatable bonds is 12. The third kappa shape index (κ3) is 8.65. The van der Waals surface area contributed by atoms with E-state index in [-0.39, 0.29) is 0 Å². The summed E-state index contributed by atoms with van der Waals surface area (Å²) in [6.45, 7) is 5.90. The summed E-state index contributed by atoms with van der Waals surface area (Å²) in [7, 11) is 0. The van der Waals surface area contributed by atoms with Gasteiger partial charge < -0.3 is 5.32 Å². The fourth-order valence-corrected chi connectivity index (χ4v) is 2.59. The number of hydrogen-bond acceptors (Lipinski definition) is 1. The molecular formula is C16H33N. The van der Waals surface area contributed by atoms with E-state index in [1.807, 2.05) is 0 Å². The summed E-state index contributed by atoms with van der Waals surface area (Å²) in [5, 5.41) is 3.70. The molecule has 1 atom stereocenters. The molecule has 1 aliphatic carbocycles. The zero-order chi connectivity index (χ0) is 12.3. The van der Waals surface area contributed by atoms with Crippen molar-refractivity contribution in [1.82, 2.24) is 5.32 Å². The van der Waals surface area contributed by atoms with E-state index >= 15 is 0 Å². The first-order chi connectivity index (χ1) is 8.36. The summed E-state index contributed by atoms with van der Waals surface area (Å²) < 4.78 is 0. The van der Waals surface area contributed by atoms with Crippen LogP contribution >= 0.6 is 0 Å². The molecule has 0 aliphatic heterocycles. The normalized spacial score (nSPS) is 17.3. The zero-order valence-corrected chi connectivity index (χ0v) is 12.1. The van der Waals surface area contributed by atoms with Crippen molar-refractivity contribution in [1.29, 1.82) is 0 Å². The van der Waals surface area contributed by atoms with Crippen LogP contribution in [0, 0.1) is 5.92 Å². The lowest BCUT2D eigenvalue weighted by Crippen LogP contribution is -2.24. The Balaban J connectivity index is 1.94. The van der Waals surface area contributed by atoms with Crippen molar-refractivity contribution in [3.05, 3.63) is 0 Å². The monoisotopic (exact) mass is 239 g/mol. The first-order valence-corrected chi connectivity index (χ1v) is 8.10. The lowest BCUT2D eigenvalue weighted by molar-refractivity contribution is 0.393. The van der Waals surface area contributed by atoms with Gasteiger partial charge in [-0.15, -0.1) is 0 Å². The summed E-state index contributed by atoms with van der Waals surface area (Å²) in [5.74, 6) is 0.951. The largest absolute Gasteiger partial charge is 0.314 e. The maximum Gasteiger partial charge on any atom is 0.00683 e. The summed E-state index contributed by atoms with van der Waals surface area (Å²) in [6, 6.07) is 0.888. The van der Waals surface area contributed by atoms with Gasteiger partial charge in [-0.05, 0) is 38.1 Å². The topological polar surface area (TPSA) is 12.0 Å². The molecule has 1 aliphatic rings. The minimum Gasteiger partial charge on any atom is -0.314 e. The molecule has 1 saturated carbocycles. The predicted molar refractivity (Wildman–Crippen MR) is 77.4 cm³/mol. The lowest BCUT2D eigenvalue weighted by Gasteiger charge is -2.16. The molecule has 1 unspecified atom stereocenters. The highest BCUT2D eigenvalue weighted by Crippen LogP contribution is 2.21. The Labute approximate surface area is 109 Å². The molecule has 0 heterocycles. The third-order valence-corrected chi connectivity index (χ3v) is 3.94. The molecule has 0 bridgehead atoms. The zero-order valence-electron chi connectivity index (χ0n) is 12.1. The Kier molecular flexibility index (Phi) is 8.78. The fourth-order valence-electron chi connectivity index (χ4n) is 2.59. The smallest absolute Gasteiger partial charge is 0.00683 e. The minimum atomic E-state index is 0.888. The molecule has 0 aromatic carbocycles. The van der Waals surface area contributed by atoms with Gasteiger partial charge in [0.05, 0.1) is 0 Å². The molecule has 17 heavy (non-hydrogen) atoms. The highest BCUT2D eigenvalue weighted by atomic mass is 14.9. The van der Waals surface area contributed by atoms with E-state index in [1.54, 1.807) is 0 Å². The Bertz CT molecular complexity index is 163. The van der Waals surface area contributed by atoms with Crippen molar-refractivity contribution in [2.75, 3.05) is 6.54 Å². The van der Waals surface area contributed by atoms with Crippen molar-refractivity contribution < 1.29 is 0 Å². The van der Waals surface area contributed by atoms with E-state index in [9.17, 15) is 0 Å². The number of nitrogens with one attached hydrogen (secondary N) is 1. The van der Waals surface area contributed by atoms with Crippen LogP contribution in [0.4, 0.5) is 0 Å². The molecular weight excluding hydrogens is 206 g/mol. The predicted octanol–water partition coefficient (Wildman–Crippen LogP) is 4.91. The SMILES string of the molecule is CCCCCCCCC(CCC)CNC1CC1. The molecule has 0 saturated heterocycles. The van der Waals surface area contributed by atoms with Gasteiger partial charge in [0.25, 0.3) is 0 Å². The Hall–Kier alpha value is -0.0400. The highest BCUT2D eigenvalue weighted by Gasteiger charge is 2.21. The number of unbranched alkanes of at least 4 members (excludes halogenated alkanes) is 5. The molecule has 0 amide bonds.